The van der Waals surface area contributed by atoms with Gasteiger partial charge in [-0.15, -0.1) is 0 Å². The van der Waals surface area contributed by atoms with Crippen LogP contribution in [0.2, 0.25) is 0 Å². The van der Waals surface area contributed by atoms with Gasteiger partial charge in [-0.3, -0.25) is 19.3 Å². The number of rotatable bonds is 3. The first-order chi connectivity index (χ1) is 9.71. The van der Waals surface area contributed by atoms with Crippen LogP contribution in [0.4, 0.5) is 0 Å². The molecule has 21 heavy (non-hydrogen) atoms. The fraction of sp³-hybridized carbons (Fsp3) is 0.250. The summed E-state index contributed by atoms with van der Waals surface area (Å²) < 4.78 is -2.11. The molecule has 0 radical (unpaired) electrons. The number of aliphatic hydroxyl groups excluding tert-OH is 1. The third-order valence-corrected chi connectivity index (χ3v) is 3.41. The third-order valence-electron chi connectivity index (χ3n) is 2.79. The van der Waals surface area contributed by atoms with Crippen molar-refractivity contribution in [3.05, 3.63) is 35.4 Å². The highest BCUT2D eigenvalue weighted by molar-refractivity contribution is 6.68. The minimum atomic E-state index is -2.11. The molecule has 0 saturated heterocycles. The molecule has 0 aromatic heterocycles. The normalized spacial score (nSPS) is 15.9. The van der Waals surface area contributed by atoms with Crippen LogP contribution in [0, 0.1) is 0 Å². The molecule has 112 valence electrons. The molecule has 1 unspecified atom stereocenters. The van der Waals surface area contributed by atoms with Gasteiger partial charge in [0.2, 0.25) is 9.70 Å². The molecule has 3 amide bonds. The van der Waals surface area contributed by atoms with Crippen LogP contribution in [0.1, 0.15) is 20.7 Å². The van der Waals surface area contributed by atoms with E-state index in [1.54, 1.807) is 12.1 Å². The Morgan fingerprint density at radius 1 is 1.19 bits per heavy atom. The first kappa shape index (κ1) is 16.0. The number of fused-ring (bicyclic) bond motifs is 1. The maximum absolute atomic E-state index is 12.0. The Morgan fingerprint density at radius 3 is 2.10 bits per heavy atom. The number of nitrogens with zero attached hydrogens (tertiary/aromatic N) is 1. The van der Waals surface area contributed by atoms with E-state index in [2.05, 4.69) is 0 Å². The largest absolute Gasteiger partial charge is 0.369 e. The highest BCUT2D eigenvalue weighted by Gasteiger charge is 2.38. The lowest BCUT2D eigenvalue weighted by Gasteiger charge is -2.21. The van der Waals surface area contributed by atoms with Crippen molar-refractivity contribution in [3.63, 3.8) is 0 Å². The molecule has 0 spiro atoms. The van der Waals surface area contributed by atoms with Gasteiger partial charge in [0.05, 0.1) is 11.1 Å². The molecule has 0 aliphatic carbocycles. The summed E-state index contributed by atoms with van der Waals surface area (Å²) in [6.45, 7) is -0.579. The number of imide groups is 1. The summed E-state index contributed by atoms with van der Waals surface area (Å²) in [7, 11) is 0. The minimum Gasteiger partial charge on any atom is -0.369 e. The lowest BCUT2D eigenvalue weighted by atomic mass is 10.1. The Balaban J connectivity index is 2.07. The molecule has 6 nitrogen and oxygen atoms in total. The van der Waals surface area contributed by atoms with Crippen molar-refractivity contribution >= 4 is 52.5 Å². The lowest BCUT2D eigenvalue weighted by molar-refractivity contribution is -0.124. The van der Waals surface area contributed by atoms with Crippen molar-refractivity contribution in [3.8, 4) is 0 Å². The number of alkyl halides is 3. The molecule has 1 aliphatic rings. The highest BCUT2D eigenvalue weighted by Crippen LogP contribution is 2.29. The number of nitrogens with one attached hydrogen (secondary N) is 1. The van der Waals surface area contributed by atoms with E-state index in [-0.39, 0.29) is 11.1 Å². The molecule has 0 bridgehead atoms. The van der Waals surface area contributed by atoms with Crippen LogP contribution in [0.3, 0.4) is 0 Å². The second kappa shape index (κ2) is 5.81. The number of carbonyl (C=O) groups is 3. The van der Waals surface area contributed by atoms with Gasteiger partial charge in [-0.05, 0) is 12.1 Å². The first-order valence-electron chi connectivity index (χ1n) is 5.71. The molecule has 2 N–H and O–H groups in total. The quantitative estimate of drug-likeness (QED) is 0.485. The van der Waals surface area contributed by atoms with Gasteiger partial charge in [0.25, 0.3) is 11.8 Å². The Hall–Kier alpha value is -1.34. The summed E-state index contributed by atoms with van der Waals surface area (Å²) in [5.41, 5.74) is 0.439. The average molecular weight is 352 g/mol. The van der Waals surface area contributed by atoms with Crippen molar-refractivity contribution < 1.29 is 19.5 Å². The van der Waals surface area contributed by atoms with E-state index in [9.17, 15) is 19.5 Å². The average Bonchev–Trinajstić information content (AvgIpc) is 2.63. The maximum atomic E-state index is 12.0. The third kappa shape index (κ3) is 3.29. The molecule has 1 aliphatic heterocycles. The van der Waals surface area contributed by atoms with Crippen molar-refractivity contribution in [2.45, 2.75) is 10.0 Å². The van der Waals surface area contributed by atoms with Crippen LogP contribution >= 0.6 is 34.8 Å². The second-order valence-corrected chi connectivity index (χ2v) is 6.62. The molecule has 0 fully saturated rings. The summed E-state index contributed by atoms with van der Waals surface area (Å²) in [6, 6.07) is 6.20. The lowest BCUT2D eigenvalue weighted by Crippen LogP contribution is -2.48. The second-order valence-electron chi connectivity index (χ2n) is 4.25. The summed E-state index contributed by atoms with van der Waals surface area (Å²) in [4.78, 5) is 36.5. The summed E-state index contributed by atoms with van der Waals surface area (Å²) >= 11 is 16.2. The Kier molecular flexibility index (Phi) is 4.43. The zero-order valence-electron chi connectivity index (χ0n) is 10.3. The topological polar surface area (TPSA) is 86.7 Å². The van der Waals surface area contributed by atoms with Crippen LogP contribution in [-0.2, 0) is 4.79 Å². The molecule has 1 aromatic carbocycles. The van der Waals surface area contributed by atoms with E-state index in [0.29, 0.717) is 0 Å². The van der Waals surface area contributed by atoms with Gasteiger partial charge in [0.15, 0.2) is 6.23 Å². The number of aliphatic hydroxyl groups is 1. The molecule has 2 rings (SSSR count). The number of benzene rings is 1. The van der Waals surface area contributed by atoms with Gasteiger partial charge in [-0.1, -0.05) is 46.9 Å². The van der Waals surface area contributed by atoms with Gasteiger partial charge >= 0.3 is 0 Å². The van der Waals surface area contributed by atoms with Gasteiger partial charge in [-0.25, -0.2) is 0 Å². The number of halogens is 3. The van der Waals surface area contributed by atoms with Crippen molar-refractivity contribution in [1.82, 2.24) is 10.2 Å². The van der Waals surface area contributed by atoms with Gasteiger partial charge in [0.1, 0.15) is 6.54 Å². The molecule has 1 atom stereocenters. The van der Waals surface area contributed by atoms with E-state index in [1.807, 2.05) is 5.32 Å². The minimum absolute atomic E-state index is 0.220. The predicted molar refractivity (Wildman–Crippen MR) is 76.2 cm³/mol. The van der Waals surface area contributed by atoms with Gasteiger partial charge in [-0.2, -0.15) is 0 Å². The van der Waals surface area contributed by atoms with Crippen molar-refractivity contribution in [2.24, 2.45) is 0 Å². The summed E-state index contributed by atoms with van der Waals surface area (Å²) in [5.74, 6) is -2.01. The van der Waals surface area contributed by atoms with Gasteiger partial charge < -0.3 is 10.4 Å². The predicted octanol–water partition coefficient (Wildman–Crippen LogP) is 1.09. The molecular weight excluding hydrogens is 343 g/mol. The molecule has 1 heterocycles. The van der Waals surface area contributed by atoms with E-state index >= 15 is 0 Å². The summed E-state index contributed by atoms with van der Waals surface area (Å²) in [5, 5.41) is 11.4. The van der Waals surface area contributed by atoms with E-state index in [0.717, 1.165) is 4.90 Å². The number of hydrogen-bond donors (Lipinski definition) is 2. The first-order valence-corrected chi connectivity index (χ1v) is 6.84. The van der Waals surface area contributed by atoms with Crippen LogP contribution in [0.5, 0.6) is 0 Å². The number of carbonyl (C=O) groups excluding carboxylic acids is 3. The smallest absolute Gasteiger partial charge is 0.262 e. The molecular formula is C12H9Cl3N2O4. The zero-order valence-corrected chi connectivity index (χ0v) is 12.6. The van der Waals surface area contributed by atoms with Crippen LogP contribution in [-0.4, -0.2) is 44.3 Å². The molecule has 9 heteroatoms. The van der Waals surface area contributed by atoms with E-state index < -0.39 is 34.3 Å². The van der Waals surface area contributed by atoms with E-state index in [1.165, 1.54) is 12.1 Å². The monoisotopic (exact) mass is 350 g/mol. The molecule has 0 saturated carbocycles. The van der Waals surface area contributed by atoms with Gasteiger partial charge in [0, 0.05) is 0 Å². The highest BCUT2D eigenvalue weighted by atomic mass is 35.6. The fourth-order valence-corrected chi connectivity index (χ4v) is 1.97. The number of amides is 3. The van der Waals surface area contributed by atoms with Crippen molar-refractivity contribution in [2.75, 3.05) is 6.54 Å². The summed E-state index contributed by atoms with van der Waals surface area (Å²) in [6.07, 6.45) is -1.76. The maximum Gasteiger partial charge on any atom is 0.262 e. The van der Waals surface area contributed by atoms with Crippen LogP contribution in [0.15, 0.2) is 24.3 Å². The van der Waals surface area contributed by atoms with E-state index in [4.69, 9.17) is 34.8 Å². The standard InChI is InChI=1S/C12H9Cl3N2O4/c13-12(14,15)11(21)16-8(18)5-17-9(19)6-3-1-2-4-7(6)10(17)20/h1-4,11,21H,5H2,(H,16,18). The van der Waals surface area contributed by atoms with Crippen molar-refractivity contribution in [1.29, 1.82) is 0 Å². The van der Waals surface area contributed by atoms with Crippen LogP contribution in [0.25, 0.3) is 0 Å². The fourth-order valence-electron chi connectivity index (χ4n) is 1.81. The molecule has 1 aromatic rings. The van der Waals surface area contributed by atoms with Crippen LogP contribution < -0.4 is 5.32 Å². The Morgan fingerprint density at radius 2 is 1.67 bits per heavy atom. The Labute approximate surface area is 134 Å². The number of hydrogen-bond acceptors (Lipinski definition) is 4. The Bertz CT molecular complexity index is 580. The SMILES string of the molecule is O=C(CN1C(=O)c2ccccc2C1=O)NC(O)C(Cl)(Cl)Cl. The zero-order chi connectivity index (χ0) is 15.8.